The van der Waals surface area contributed by atoms with Crippen molar-refractivity contribution < 1.29 is 0 Å². The van der Waals surface area contributed by atoms with Gasteiger partial charge in [-0.1, -0.05) is 36.8 Å². The minimum absolute atomic E-state index is 0.116. The highest BCUT2D eigenvalue weighted by molar-refractivity contribution is 5.24. The Bertz CT molecular complexity index is 393. The molecular weight excluding hydrogens is 246 g/mol. The second kappa shape index (κ2) is 7.21. The van der Waals surface area contributed by atoms with E-state index in [4.69, 9.17) is 5.73 Å². The van der Waals surface area contributed by atoms with E-state index in [-0.39, 0.29) is 6.04 Å². The van der Waals surface area contributed by atoms with E-state index in [2.05, 4.69) is 55.0 Å². The molecule has 0 saturated carbocycles. The lowest BCUT2D eigenvalue weighted by Crippen LogP contribution is -2.45. The quantitative estimate of drug-likeness (QED) is 0.895. The summed E-state index contributed by atoms with van der Waals surface area (Å²) in [6.07, 6.45) is 2.54. The van der Waals surface area contributed by atoms with Gasteiger partial charge in [-0.05, 0) is 52.0 Å². The molecule has 1 unspecified atom stereocenters. The number of hydrogen-bond acceptors (Lipinski definition) is 3. The number of nitrogens with two attached hydrogens (primary N) is 1. The molecule has 1 fully saturated rings. The van der Waals surface area contributed by atoms with Gasteiger partial charge in [0, 0.05) is 18.6 Å². The highest BCUT2D eigenvalue weighted by atomic mass is 15.2. The van der Waals surface area contributed by atoms with E-state index in [0.29, 0.717) is 6.04 Å². The van der Waals surface area contributed by atoms with Crippen LogP contribution in [-0.4, -0.2) is 49.1 Å². The Kier molecular flexibility index (Phi) is 5.58. The Morgan fingerprint density at radius 1 is 1.25 bits per heavy atom. The monoisotopic (exact) mass is 275 g/mol. The van der Waals surface area contributed by atoms with Crippen LogP contribution in [0.4, 0.5) is 0 Å². The van der Waals surface area contributed by atoms with Gasteiger partial charge in [0.2, 0.25) is 0 Å². The molecule has 3 nitrogen and oxygen atoms in total. The van der Waals surface area contributed by atoms with Crippen molar-refractivity contribution in [3.63, 3.8) is 0 Å². The molecule has 20 heavy (non-hydrogen) atoms. The number of aryl methyl sites for hydroxylation is 1. The van der Waals surface area contributed by atoms with Crippen molar-refractivity contribution in [1.29, 1.82) is 0 Å². The van der Waals surface area contributed by atoms with Crippen LogP contribution >= 0.6 is 0 Å². The first kappa shape index (κ1) is 15.5. The summed E-state index contributed by atoms with van der Waals surface area (Å²) < 4.78 is 0. The SMILES string of the molecule is CCN1CCC(N(C)CC(N)c2ccc(C)cc2)CC1. The maximum absolute atomic E-state index is 6.35. The summed E-state index contributed by atoms with van der Waals surface area (Å²) in [6.45, 7) is 8.94. The lowest BCUT2D eigenvalue weighted by atomic mass is 10.0. The molecule has 1 aliphatic heterocycles. The average Bonchev–Trinajstić information content (AvgIpc) is 2.48. The molecule has 0 amide bonds. The lowest BCUT2D eigenvalue weighted by molar-refractivity contribution is 0.127. The zero-order valence-corrected chi connectivity index (χ0v) is 13.2. The topological polar surface area (TPSA) is 32.5 Å². The van der Waals surface area contributed by atoms with Crippen molar-refractivity contribution in [3.05, 3.63) is 35.4 Å². The molecule has 0 spiro atoms. The number of likely N-dealkylation sites (tertiary alicyclic amines) is 1. The molecule has 3 heteroatoms. The van der Waals surface area contributed by atoms with Crippen LogP contribution in [0.2, 0.25) is 0 Å². The molecule has 2 N–H and O–H groups in total. The fraction of sp³-hybridized carbons (Fsp3) is 0.647. The van der Waals surface area contributed by atoms with E-state index in [9.17, 15) is 0 Å². The lowest BCUT2D eigenvalue weighted by Gasteiger charge is -2.37. The summed E-state index contributed by atoms with van der Waals surface area (Å²) in [4.78, 5) is 4.99. The third kappa shape index (κ3) is 4.05. The molecule has 1 atom stereocenters. The summed E-state index contributed by atoms with van der Waals surface area (Å²) in [6, 6.07) is 9.42. The van der Waals surface area contributed by atoms with Crippen LogP contribution in [0, 0.1) is 6.92 Å². The van der Waals surface area contributed by atoms with E-state index in [1.807, 2.05) is 0 Å². The zero-order chi connectivity index (χ0) is 14.5. The van der Waals surface area contributed by atoms with E-state index in [0.717, 1.165) is 6.54 Å². The van der Waals surface area contributed by atoms with Gasteiger partial charge in [0.25, 0.3) is 0 Å². The first-order chi connectivity index (χ1) is 9.60. The summed E-state index contributed by atoms with van der Waals surface area (Å²) in [7, 11) is 2.22. The molecule has 1 aromatic carbocycles. The fourth-order valence-electron chi connectivity index (χ4n) is 3.05. The van der Waals surface area contributed by atoms with Crippen LogP contribution in [0.1, 0.15) is 36.9 Å². The molecular formula is C17H29N3. The minimum atomic E-state index is 0.116. The van der Waals surface area contributed by atoms with Crippen molar-refractivity contribution in [2.75, 3.05) is 33.2 Å². The van der Waals surface area contributed by atoms with Gasteiger partial charge in [-0.2, -0.15) is 0 Å². The van der Waals surface area contributed by atoms with Crippen LogP contribution in [0.25, 0.3) is 0 Å². The summed E-state index contributed by atoms with van der Waals surface area (Å²) in [5, 5.41) is 0. The van der Waals surface area contributed by atoms with Crippen molar-refractivity contribution in [3.8, 4) is 0 Å². The fourth-order valence-corrected chi connectivity index (χ4v) is 3.05. The second-order valence-corrected chi connectivity index (χ2v) is 6.12. The van der Waals surface area contributed by atoms with Gasteiger partial charge in [-0.25, -0.2) is 0 Å². The molecule has 2 rings (SSSR count). The second-order valence-electron chi connectivity index (χ2n) is 6.12. The number of hydrogen-bond donors (Lipinski definition) is 1. The Balaban J connectivity index is 1.84. The van der Waals surface area contributed by atoms with Crippen molar-refractivity contribution in [2.24, 2.45) is 5.73 Å². The molecule has 112 valence electrons. The first-order valence-electron chi connectivity index (χ1n) is 7.85. The first-order valence-corrected chi connectivity index (χ1v) is 7.85. The Morgan fingerprint density at radius 3 is 2.40 bits per heavy atom. The van der Waals surface area contributed by atoms with Gasteiger partial charge in [0.05, 0.1) is 0 Å². The molecule has 0 radical (unpaired) electrons. The normalized spacial score (nSPS) is 19.4. The van der Waals surface area contributed by atoms with Crippen LogP contribution in [0.15, 0.2) is 24.3 Å². The van der Waals surface area contributed by atoms with Crippen LogP contribution in [-0.2, 0) is 0 Å². The molecule has 0 bridgehead atoms. The number of likely N-dealkylation sites (N-methyl/N-ethyl adjacent to an activating group) is 1. The highest BCUT2D eigenvalue weighted by Crippen LogP contribution is 2.18. The summed E-state index contributed by atoms with van der Waals surface area (Å²) in [5.41, 5.74) is 8.89. The van der Waals surface area contributed by atoms with E-state index in [1.165, 1.54) is 43.6 Å². The predicted octanol–water partition coefficient (Wildman–Crippen LogP) is 2.41. The predicted molar refractivity (Wildman–Crippen MR) is 85.9 cm³/mol. The average molecular weight is 275 g/mol. The van der Waals surface area contributed by atoms with Crippen molar-refractivity contribution >= 4 is 0 Å². The Labute approximate surface area is 123 Å². The van der Waals surface area contributed by atoms with Crippen LogP contribution in [0.3, 0.4) is 0 Å². The zero-order valence-electron chi connectivity index (χ0n) is 13.2. The van der Waals surface area contributed by atoms with Crippen molar-refractivity contribution in [2.45, 2.75) is 38.8 Å². The van der Waals surface area contributed by atoms with Gasteiger partial charge in [-0.3, -0.25) is 0 Å². The third-order valence-electron chi connectivity index (χ3n) is 4.62. The van der Waals surface area contributed by atoms with Crippen LogP contribution < -0.4 is 5.73 Å². The smallest absolute Gasteiger partial charge is 0.0424 e. The van der Waals surface area contributed by atoms with E-state index < -0.39 is 0 Å². The van der Waals surface area contributed by atoms with Gasteiger partial charge in [0.1, 0.15) is 0 Å². The molecule has 1 heterocycles. The van der Waals surface area contributed by atoms with E-state index >= 15 is 0 Å². The minimum Gasteiger partial charge on any atom is -0.323 e. The summed E-state index contributed by atoms with van der Waals surface area (Å²) in [5.74, 6) is 0. The number of piperidine rings is 1. The standard InChI is InChI=1S/C17H29N3/c1-4-20-11-9-16(10-12-20)19(3)13-17(18)15-7-5-14(2)6-8-15/h5-8,16-17H,4,9-13,18H2,1-3H3. The third-order valence-corrected chi connectivity index (χ3v) is 4.62. The van der Waals surface area contributed by atoms with Gasteiger partial charge >= 0.3 is 0 Å². The number of rotatable bonds is 5. The van der Waals surface area contributed by atoms with Gasteiger partial charge in [0.15, 0.2) is 0 Å². The molecule has 1 aromatic rings. The Hall–Kier alpha value is -0.900. The summed E-state index contributed by atoms with van der Waals surface area (Å²) >= 11 is 0. The van der Waals surface area contributed by atoms with E-state index in [1.54, 1.807) is 0 Å². The van der Waals surface area contributed by atoms with Gasteiger partial charge < -0.3 is 15.5 Å². The number of benzene rings is 1. The number of nitrogens with zero attached hydrogens (tertiary/aromatic N) is 2. The molecule has 0 aliphatic carbocycles. The largest absolute Gasteiger partial charge is 0.323 e. The Morgan fingerprint density at radius 2 is 1.85 bits per heavy atom. The maximum atomic E-state index is 6.35. The molecule has 0 aromatic heterocycles. The van der Waals surface area contributed by atoms with Crippen molar-refractivity contribution in [1.82, 2.24) is 9.80 Å². The van der Waals surface area contributed by atoms with Crippen LogP contribution in [0.5, 0.6) is 0 Å². The maximum Gasteiger partial charge on any atom is 0.0424 e. The van der Waals surface area contributed by atoms with Gasteiger partial charge in [-0.15, -0.1) is 0 Å². The molecule has 1 saturated heterocycles. The molecule has 1 aliphatic rings. The highest BCUT2D eigenvalue weighted by Gasteiger charge is 2.22.